The van der Waals surface area contributed by atoms with E-state index >= 15 is 0 Å². The maximum Gasteiger partial charge on any atom is 0.319 e. The molecule has 0 aliphatic rings. The zero-order valence-corrected chi connectivity index (χ0v) is 11.9. The van der Waals surface area contributed by atoms with Crippen molar-refractivity contribution in [1.29, 1.82) is 0 Å². The minimum absolute atomic E-state index is 0.0256. The lowest BCUT2D eigenvalue weighted by molar-refractivity contribution is 0.213. The van der Waals surface area contributed by atoms with E-state index in [0.717, 1.165) is 12.8 Å². The highest BCUT2D eigenvalue weighted by molar-refractivity contribution is 6.32. The lowest BCUT2D eigenvalue weighted by atomic mass is 10.0. The molecule has 1 aromatic heterocycles. The summed E-state index contributed by atoms with van der Waals surface area (Å²) in [6.07, 6.45) is 3.10. The summed E-state index contributed by atoms with van der Waals surface area (Å²) in [7, 11) is 0. The van der Waals surface area contributed by atoms with Gasteiger partial charge in [0.1, 0.15) is 0 Å². The van der Waals surface area contributed by atoms with Crippen molar-refractivity contribution in [1.82, 2.24) is 10.3 Å². The molecule has 0 aromatic carbocycles. The number of hydrogen-bond acceptors (Lipinski definition) is 3. The van der Waals surface area contributed by atoms with E-state index in [4.69, 9.17) is 16.7 Å². The minimum Gasteiger partial charge on any atom is -0.396 e. The highest BCUT2D eigenvalue weighted by Crippen LogP contribution is 2.17. The zero-order chi connectivity index (χ0) is 14.3. The molecule has 0 fully saturated rings. The number of nitrogens with zero attached hydrogens (tertiary/aromatic N) is 1. The summed E-state index contributed by atoms with van der Waals surface area (Å²) in [6, 6.07) is 3.10. The fourth-order valence-electron chi connectivity index (χ4n) is 1.71. The molecule has 0 aliphatic carbocycles. The third kappa shape index (κ3) is 5.44. The van der Waals surface area contributed by atoms with Crippen LogP contribution in [0.15, 0.2) is 18.3 Å². The van der Waals surface area contributed by atoms with E-state index in [0.29, 0.717) is 5.69 Å². The normalized spacial score (nSPS) is 13.7. The predicted molar refractivity (Wildman–Crippen MR) is 76.3 cm³/mol. The topological polar surface area (TPSA) is 74.2 Å². The Hall–Kier alpha value is -1.33. The average Bonchev–Trinajstić information content (AvgIpc) is 2.40. The molecule has 3 N–H and O–H groups in total. The van der Waals surface area contributed by atoms with Crippen molar-refractivity contribution in [2.45, 2.75) is 32.7 Å². The Labute approximate surface area is 118 Å². The molecular weight excluding hydrogens is 266 g/mol. The van der Waals surface area contributed by atoms with E-state index in [1.165, 1.54) is 0 Å². The Bertz CT molecular complexity index is 415. The number of carbonyl (C=O) groups is 1. The van der Waals surface area contributed by atoms with Crippen molar-refractivity contribution >= 4 is 23.3 Å². The Morgan fingerprint density at radius 2 is 2.32 bits per heavy atom. The molecule has 2 amide bonds. The maximum absolute atomic E-state index is 11.8. The molecule has 0 aliphatic heterocycles. The van der Waals surface area contributed by atoms with Gasteiger partial charge in [-0.1, -0.05) is 25.4 Å². The van der Waals surface area contributed by atoms with E-state index in [1.807, 2.05) is 13.8 Å². The van der Waals surface area contributed by atoms with E-state index in [1.54, 1.807) is 18.3 Å². The Balaban J connectivity index is 2.52. The summed E-state index contributed by atoms with van der Waals surface area (Å²) in [6.45, 7) is 4.06. The Morgan fingerprint density at radius 3 is 2.89 bits per heavy atom. The van der Waals surface area contributed by atoms with Crippen molar-refractivity contribution < 1.29 is 9.90 Å². The van der Waals surface area contributed by atoms with Crippen molar-refractivity contribution in [3.8, 4) is 0 Å². The van der Waals surface area contributed by atoms with Gasteiger partial charge in [0.2, 0.25) is 0 Å². The first kappa shape index (κ1) is 15.7. The molecule has 0 saturated carbocycles. The molecule has 2 atom stereocenters. The van der Waals surface area contributed by atoms with Crippen molar-refractivity contribution in [3.05, 3.63) is 23.5 Å². The van der Waals surface area contributed by atoms with Crippen LogP contribution in [0.2, 0.25) is 5.15 Å². The van der Waals surface area contributed by atoms with E-state index in [2.05, 4.69) is 15.6 Å². The van der Waals surface area contributed by atoms with Crippen LogP contribution in [0, 0.1) is 5.92 Å². The second-order valence-corrected chi connectivity index (χ2v) is 4.93. The quantitative estimate of drug-likeness (QED) is 0.704. The average molecular weight is 286 g/mol. The molecule has 1 heterocycles. The second kappa shape index (κ2) is 7.96. The van der Waals surface area contributed by atoms with Crippen LogP contribution in [0.3, 0.4) is 0 Å². The van der Waals surface area contributed by atoms with Gasteiger partial charge in [0.05, 0.1) is 5.69 Å². The van der Waals surface area contributed by atoms with Gasteiger partial charge in [-0.2, -0.15) is 0 Å². The predicted octanol–water partition coefficient (Wildman–Crippen LogP) is 2.65. The van der Waals surface area contributed by atoms with Gasteiger partial charge in [0.25, 0.3) is 0 Å². The number of rotatable bonds is 6. The summed E-state index contributed by atoms with van der Waals surface area (Å²) in [5.41, 5.74) is 0.478. The number of hydrogen-bond donors (Lipinski definition) is 3. The van der Waals surface area contributed by atoms with Crippen LogP contribution in [0.4, 0.5) is 10.5 Å². The highest BCUT2D eigenvalue weighted by Gasteiger charge is 2.14. The lowest BCUT2D eigenvalue weighted by Gasteiger charge is -2.20. The van der Waals surface area contributed by atoms with Crippen LogP contribution >= 0.6 is 11.6 Å². The number of urea groups is 1. The molecule has 0 spiro atoms. The number of halogens is 1. The zero-order valence-electron chi connectivity index (χ0n) is 11.2. The van der Waals surface area contributed by atoms with Crippen LogP contribution < -0.4 is 10.6 Å². The van der Waals surface area contributed by atoms with Crippen molar-refractivity contribution in [2.24, 2.45) is 5.92 Å². The van der Waals surface area contributed by atoms with Gasteiger partial charge in [-0.3, -0.25) is 0 Å². The van der Waals surface area contributed by atoms with E-state index < -0.39 is 0 Å². The number of nitrogens with one attached hydrogen (secondary N) is 2. The Kier molecular flexibility index (Phi) is 6.59. The molecule has 0 saturated heterocycles. The summed E-state index contributed by atoms with van der Waals surface area (Å²) in [4.78, 5) is 15.7. The summed E-state index contributed by atoms with van der Waals surface area (Å²) in [5.74, 6) is 0.159. The van der Waals surface area contributed by atoms with Crippen LogP contribution in [0.25, 0.3) is 0 Å². The largest absolute Gasteiger partial charge is 0.396 e. The summed E-state index contributed by atoms with van der Waals surface area (Å²) >= 11 is 5.86. The van der Waals surface area contributed by atoms with Crippen LogP contribution in [0.1, 0.15) is 26.7 Å². The van der Waals surface area contributed by atoms with Crippen LogP contribution in [-0.4, -0.2) is 28.8 Å². The second-order valence-electron chi connectivity index (χ2n) is 4.57. The van der Waals surface area contributed by atoms with Gasteiger partial charge in [-0.15, -0.1) is 0 Å². The van der Waals surface area contributed by atoms with Crippen molar-refractivity contribution in [2.75, 3.05) is 11.9 Å². The SMILES string of the molecule is CCC(CC(C)CO)NC(=O)Nc1cccnc1Cl. The molecule has 0 bridgehead atoms. The maximum atomic E-state index is 11.8. The van der Waals surface area contributed by atoms with Gasteiger partial charge >= 0.3 is 6.03 Å². The van der Waals surface area contributed by atoms with Gasteiger partial charge in [-0.05, 0) is 30.9 Å². The molecule has 1 aromatic rings. The fraction of sp³-hybridized carbons (Fsp3) is 0.538. The summed E-state index contributed by atoms with van der Waals surface area (Å²) in [5, 5.41) is 14.8. The fourth-order valence-corrected chi connectivity index (χ4v) is 1.88. The van der Waals surface area contributed by atoms with Crippen molar-refractivity contribution in [3.63, 3.8) is 0 Å². The smallest absolute Gasteiger partial charge is 0.319 e. The number of aromatic nitrogens is 1. The van der Waals surface area contributed by atoms with Crippen LogP contribution in [-0.2, 0) is 0 Å². The first-order valence-electron chi connectivity index (χ1n) is 6.35. The molecule has 0 radical (unpaired) electrons. The third-order valence-corrected chi connectivity index (χ3v) is 3.14. The standard InChI is InChI=1S/C13H20ClN3O2/c1-3-10(7-9(2)8-18)16-13(19)17-11-5-4-6-15-12(11)14/h4-6,9-10,18H,3,7-8H2,1-2H3,(H2,16,17,19). The lowest BCUT2D eigenvalue weighted by Crippen LogP contribution is -2.38. The van der Waals surface area contributed by atoms with Gasteiger partial charge < -0.3 is 15.7 Å². The number of carbonyl (C=O) groups excluding carboxylic acids is 1. The number of amides is 2. The van der Waals surface area contributed by atoms with Gasteiger partial charge in [0, 0.05) is 18.8 Å². The highest BCUT2D eigenvalue weighted by atomic mass is 35.5. The van der Waals surface area contributed by atoms with Gasteiger partial charge in [-0.25, -0.2) is 9.78 Å². The molecule has 106 valence electrons. The van der Waals surface area contributed by atoms with Crippen LogP contribution in [0.5, 0.6) is 0 Å². The molecule has 1 rings (SSSR count). The molecule has 5 nitrogen and oxygen atoms in total. The number of aliphatic hydroxyl groups excluding tert-OH is 1. The minimum atomic E-state index is -0.313. The summed E-state index contributed by atoms with van der Waals surface area (Å²) < 4.78 is 0. The molecular formula is C13H20ClN3O2. The monoisotopic (exact) mass is 285 g/mol. The number of anilines is 1. The number of aliphatic hydroxyl groups is 1. The Morgan fingerprint density at radius 1 is 1.58 bits per heavy atom. The number of pyridine rings is 1. The first-order valence-corrected chi connectivity index (χ1v) is 6.73. The van der Waals surface area contributed by atoms with E-state index in [-0.39, 0.29) is 29.8 Å². The molecule has 19 heavy (non-hydrogen) atoms. The van der Waals surface area contributed by atoms with E-state index in [9.17, 15) is 4.79 Å². The molecule has 2 unspecified atom stereocenters. The third-order valence-electron chi connectivity index (χ3n) is 2.83. The van der Waals surface area contributed by atoms with Gasteiger partial charge in [0.15, 0.2) is 5.15 Å². The first-order chi connectivity index (χ1) is 9.06. The molecule has 6 heteroatoms.